The van der Waals surface area contributed by atoms with Gasteiger partial charge in [-0.05, 0) is 52.8 Å². The Morgan fingerprint density at radius 3 is 2.34 bits per heavy atom. The third-order valence-electron chi connectivity index (χ3n) is 4.10. The molecule has 7 nitrogen and oxygen atoms in total. The van der Waals surface area contributed by atoms with Crippen LogP contribution in [0, 0.1) is 0 Å². The molecule has 8 heteroatoms. The number of esters is 1. The molecule has 29 heavy (non-hydrogen) atoms. The van der Waals surface area contributed by atoms with Gasteiger partial charge in [-0.2, -0.15) is 0 Å². The number of ether oxygens (including phenoxy) is 1. The molecule has 0 aliphatic carbocycles. The Bertz CT molecular complexity index is 1120. The summed E-state index contributed by atoms with van der Waals surface area (Å²) >= 11 is 1.41. The first-order valence-corrected chi connectivity index (χ1v) is 10.4. The topological polar surface area (TPSA) is 116 Å². The molecule has 0 spiro atoms. The van der Waals surface area contributed by atoms with E-state index >= 15 is 0 Å². The Hall–Kier alpha value is -2.87. The van der Waals surface area contributed by atoms with E-state index in [-0.39, 0.29) is 18.7 Å². The van der Waals surface area contributed by atoms with Crippen LogP contribution in [0.3, 0.4) is 0 Å². The van der Waals surface area contributed by atoms with Gasteiger partial charge < -0.3 is 20.6 Å². The van der Waals surface area contributed by atoms with E-state index in [4.69, 9.17) is 20.6 Å². The predicted molar refractivity (Wildman–Crippen MR) is 119 cm³/mol. The fourth-order valence-corrected chi connectivity index (χ4v) is 4.09. The summed E-state index contributed by atoms with van der Waals surface area (Å²) in [6.07, 6.45) is 0. The highest BCUT2D eigenvalue weighted by Gasteiger charge is 2.21. The number of fused-ring (bicyclic) bond motifs is 3. The van der Waals surface area contributed by atoms with E-state index in [9.17, 15) is 4.79 Å². The molecule has 4 N–H and O–H groups in total. The molecule has 0 atom stereocenters. The third kappa shape index (κ3) is 4.27. The summed E-state index contributed by atoms with van der Waals surface area (Å²) in [4.78, 5) is 22.1. The predicted octanol–water partition coefficient (Wildman–Crippen LogP) is 4.05. The van der Waals surface area contributed by atoms with E-state index in [1.165, 1.54) is 11.3 Å². The van der Waals surface area contributed by atoms with Crippen molar-refractivity contribution in [1.82, 2.24) is 0 Å². The summed E-state index contributed by atoms with van der Waals surface area (Å²) in [6.45, 7) is 9.85. The van der Waals surface area contributed by atoms with E-state index in [0.717, 1.165) is 20.3 Å². The van der Waals surface area contributed by atoms with Crippen molar-refractivity contribution in [1.29, 1.82) is 0 Å². The number of hydrogen-bond acceptors (Lipinski definition) is 6. The van der Waals surface area contributed by atoms with Gasteiger partial charge in [-0.15, -0.1) is 11.3 Å². The van der Waals surface area contributed by atoms with E-state index in [1.807, 2.05) is 39.8 Å². The summed E-state index contributed by atoms with van der Waals surface area (Å²) in [7, 11) is 0. The van der Waals surface area contributed by atoms with Gasteiger partial charge in [0.05, 0.1) is 21.7 Å². The maximum absolute atomic E-state index is 12.6. The lowest BCUT2D eigenvalue weighted by molar-refractivity contribution is 0.0529. The summed E-state index contributed by atoms with van der Waals surface area (Å²) in [5.41, 5.74) is 13.2. The molecule has 0 aliphatic heterocycles. The lowest BCUT2D eigenvalue weighted by atomic mass is 10.1. The highest BCUT2D eigenvalue weighted by atomic mass is 32.1. The van der Waals surface area contributed by atoms with Gasteiger partial charge in [-0.3, -0.25) is 9.98 Å². The van der Waals surface area contributed by atoms with Crippen molar-refractivity contribution in [3.63, 3.8) is 0 Å². The van der Waals surface area contributed by atoms with Crippen molar-refractivity contribution in [2.45, 2.75) is 46.7 Å². The molecule has 3 rings (SSSR count). The standard InChI is InChI=1S/C21H26N4O3S/c1-6-27-21(26)14-8-15-12(7-16(28-15)19(22)24-10(2)3)13-9-17(29-18(13)14)20(23)25-11(4)5/h7-11H,6H2,1-5H3,(H2,22,24)(H2,23,25). The highest BCUT2D eigenvalue weighted by Crippen LogP contribution is 2.37. The molecular weight excluding hydrogens is 388 g/mol. The Kier molecular flexibility index (Phi) is 5.93. The molecule has 0 aliphatic rings. The highest BCUT2D eigenvalue weighted by molar-refractivity contribution is 7.21. The molecule has 0 unspecified atom stereocenters. The fourth-order valence-electron chi connectivity index (χ4n) is 3.01. The normalized spacial score (nSPS) is 13.2. The van der Waals surface area contributed by atoms with Gasteiger partial charge in [0.2, 0.25) is 0 Å². The van der Waals surface area contributed by atoms with Crippen LogP contribution in [0.5, 0.6) is 0 Å². The molecule has 0 radical (unpaired) electrons. The molecule has 1 aromatic carbocycles. The lowest BCUT2D eigenvalue weighted by Gasteiger charge is -2.03. The van der Waals surface area contributed by atoms with Crippen LogP contribution in [0.1, 0.15) is 55.6 Å². The summed E-state index contributed by atoms with van der Waals surface area (Å²) < 4.78 is 11.9. The van der Waals surface area contributed by atoms with E-state index in [2.05, 4.69) is 9.98 Å². The van der Waals surface area contributed by atoms with Crippen LogP contribution in [0.25, 0.3) is 21.1 Å². The number of rotatable bonds is 6. The first-order valence-electron chi connectivity index (χ1n) is 9.55. The number of nitrogens with two attached hydrogens (primary N) is 2. The lowest BCUT2D eigenvalue weighted by Crippen LogP contribution is -2.14. The smallest absolute Gasteiger partial charge is 0.339 e. The Labute approximate surface area is 173 Å². The number of thiophene rings is 1. The van der Waals surface area contributed by atoms with Crippen LogP contribution in [-0.4, -0.2) is 36.3 Å². The van der Waals surface area contributed by atoms with E-state index in [1.54, 1.807) is 13.0 Å². The fraction of sp³-hybridized carbons (Fsp3) is 0.381. The molecule has 0 fully saturated rings. The zero-order valence-electron chi connectivity index (χ0n) is 17.3. The molecule has 3 aromatic rings. The molecular formula is C21H26N4O3S. The van der Waals surface area contributed by atoms with Crippen molar-refractivity contribution in [3.8, 4) is 0 Å². The second kappa shape index (κ2) is 8.24. The molecule has 0 saturated carbocycles. The van der Waals surface area contributed by atoms with Gasteiger partial charge in [0, 0.05) is 22.9 Å². The monoisotopic (exact) mass is 414 g/mol. The van der Waals surface area contributed by atoms with Crippen LogP contribution in [0.4, 0.5) is 0 Å². The second-order valence-electron chi connectivity index (χ2n) is 7.24. The zero-order chi connectivity index (χ0) is 21.3. The first-order chi connectivity index (χ1) is 13.7. The average Bonchev–Trinajstić information content (AvgIpc) is 3.24. The van der Waals surface area contributed by atoms with Crippen LogP contribution in [0.2, 0.25) is 0 Å². The minimum Gasteiger partial charge on any atom is -0.462 e. The Morgan fingerprint density at radius 1 is 1.07 bits per heavy atom. The summed E-state index contributed by atoms with van der Waals surface area (Å²) in [5.74, 6) is 0.814. The SMILES string of the molecule is CCOC(=O)c1cc2oc(C(N)=NC(C)C)cc2c2cc(C(N)=NC(C)C)sc12. The number of amidine groups is 2. The van der Waals surface area contributed by atoms with Gasteiger partial charge in [-0.1, -0.05) is 0 Å². The number of nitrogens with zero attached hydrogens (tertiary/aromatic N) is 2. The molecule has 0 amide bonds. The number of carbonyl (C=O) groups is 1. The molecule has 2 aromatic heterocycles. The quantitative estimate of drug-likeness (QED) is 0.358. The number of furan rings is 1. The number of aliphatic imine (C=N–C) groups is 2. The van der Waals surface area contributed by atoms with E-state index in [0.29, 0.717) is 28.6 Å². The van der Waals surface area contributed by atoms with Crippen LogP contribution < -0.4 is 11.5 Å². The van der Waals surface area contributed by atoms with Gasteiger partial charge in [-0.25, -0.2) is 4.79 Å². The van der Waals surface area contributed by atoms with E-state index < -0.39 is 5.97 Å². The van der Waals surface area contributed by atoms with Crippen molar-refractivity contribution in [2.75, 3.05) is 6.61 Å². The van der Waals surface area contributed by atoms with Crippen molar-refractivity contribution in [2.24, 2.45) is 21.5 Å². The summed E-state index contributed by atoms with van der Waals surface area (Å²) in [5, 5.41) is 1.68. The van der Waals surface area contributed by atoms with Crippen LogP contribution in [-0.2, 0) is 4.74 Å². The molecule has 0 saturated heterocycles. The minimum absolute atomic E-state index is 0.0399. The maximum Gasteiger partial charge on any atom is 0.339 e. The second-order valence-corrected chi connectivity index (χ2v) is 8.29. The van der Waals surface area contributed by atoms with Crippen LogP contribution in [0.15, 0.2) is 32.6 Å². The Morgan fingerprint density at radius 2 is 1.72 bits per heavy atom. The maximum atomic E-state index is 12.6. The Balaban J connectivity index is 2.28. The third-order valence-corrected chi connectivity index (χ3v) is 5.29. The number of benzene rings is 1. The first kappa shape index (κ1) is 20.9. The van der Waals surface area contributed by atoms with Crippen molar-refractivity contribution >= 4 is 50.0 Å². The molecule has 154 valence electrons. The molecule has 0 bridgehead atoms. The van der Waals surface area contributed by atoms with Gasteiger partial charge in [0.15, 0.2) is 11.6 Å². The van der Waals surface area contributed by atoms with Crippen molar-refractivity contribution < 1.29 is 13.9 Å². The minimum atomic E-state index is -0.408. The summed E-state index contributed by atoms with van der Waals surface area (Å²) in [6, 6.07) is 5.58. The number of carbonyl (C=O) groups excluding carboxylic acids is 1. The average molecular weight is 415 g/mol. The van der Waals surface area contributed by atoms with Crippen LogP contribution >= 0.6 is 11.3 Å². The number of hydrogen-bond donors (Lipinski definition) is 2. The zero-order valence-corrected chi connectivity index (χ0v) is 18.1. The largest absolute Gasteiger partial charge is 0.462 e. The van der Waals surface area contributed by atoms with Crippen molar-refractivity contribution in [3.05, 3.63) is 34.4 Å². The van der Waals surface area contributed by atoms with Gasteiger partial charge in [0.1, 0.15) is 11.4 Å². The molecule has 2 heterocycles. The van der Waals surface area contributed by atoms with Gasteiger partial charge >= 0.3 is 5.97 Å². The van der Waals surface area contributed by atoms with Gasteiger partial charge in [0.25, 0.3) is 0 Å².